The van der Waals surface area contributed by atoms with Gasteiger partial charge < -0.3 is 16.4 Å². The zero-order chi connectivity index (χ0) is 15.1. The maximum atomic E-state index is 11.9. The van der Waals surface area contributed by atoms with Gasteiger partial charge in [0.1, 0.15) is 0 Å². The van der Waals surface area contributed by atoms with Gasteiger partial charge in [0, 0.05) is 19.5 Å². The molecule has 0 aliphatic carbocycles. The van der Waals surface area contributed by atoms with Crippen LogP contribution in [0.4, 0.5) is 11.4 Å². The summed E-state index contributed by atoms with van der Waals surface area (Å²) in [6.07, 6.45) is 0. The van der Waals surface area contributed by atoms with E-state index in [4.69, 9.17) is 5.73 Å². The van der Waals surface area contributed by atoms with E-state index in [0.717, 1.165) is 0 Å². The van der Waals surface area contributed by atoms with Crippen molar-refractivity contribution < 1.29 is 9.59 Å². The smallest absolute Gasteiger partial charge is 0.238 e. The first-order chi connectivity index (χ1) is 9.43. The fourth-order valence-electron chi connectivity index (χ4n) is 1.91. The van der Waals surface area contributed by atoms with Crippen LogP contribution >= 0.6 is 0 Å². The Hall–Kier alpha value is -2.08. The Bertz CT molecular complexity index is 476. The zero-order valence-electron chi connectivity index (χ0n) is 12.1. The summed E-state index contributed by atoms with van der Waals surface area (Å²) in [7, 11) is 3.40. The largest absolute Gasteiger partial charge is 0.397 e. The molecular weight excluding hydrogens is 256 g/mol. The number of nitrogens with one attached hydrogen (secondary N) is 2. The number of amides is 2. The van der Waals surface area contributed by atoms with Gasteiger partial charge in [0.2, 0.25) is 11.8 Å². The van der Waals surface area contributed by atoms with Gasteiger partial charge in [-0.1, -0.05) is 19.1 Å². The molecule has 2 amide bonds. The lowest BCUT2D eigenvalue weighted by molar-refractivity contribution is -0.125. The van der Waals surface area contributed by atoms with Gasteiger partial charge in [-0.05, 0) is 19.2 Å². The number of nitrogen functional groups attached to an aromatic ring is 1. The molecule has 6 nitrogen and oxygen atoms in total. The molecule has 20 heavy (non-hydrogen) atoms. The number of anilines is 2. The topological polar surface area (TPSA) is 87.5 Å². The number of nitrogens with two attached hydrogens (primary N) is 1. The minimum absolute atomic E-state index is 0.0374. The third-order valence-corrected chi connectivity index (χ3v) is 2.93. The van der Waals surface area contributed by atoms with E-state index in [1.54, 1.807) is 31.1 Å². The highest BCUT2D eigenvalue weighted by Gasteiger charge is 2.15. The van der Waals surface area contributed by atoms with Crippen LogP contribution in [0.2, 0.25) is 0 Å². The highest BCUT2D eigenvalue weighted by molar-refractivity contribution is 5.95. The summed E-state index contributed by atoms with van der Waals surface area (Å²) in [5.74, 6) is -0.362. The van der Waals surface area contributed by atoms with Crippen LogP contribution in [-0.2, 0) is 9.59 Å². The number of hydrogen-bond donors (Lipinski definition) is 3. The van der Waals surface area contributed by atoms with Crippen LogP contribution in [0, 0.1) is 5.92 Å². The number of nitrogens with zero attached hydrogens (tertiary/aromatic N) is 1. The van der Waals surface area contributed by atoms with Gasteiger partial charge in [0.15, 0.2) is 0 Å². The molecule has 1 rings (SSSR count). The highest BCUT2D eigenvalue weighted by Crippen LogP contribution is 2.16. The number of carbonyl (C=O) groups is 2. The molecule has 0 aromatic heterocycles. The van der Waals surface area contributed by atoms with Crippen LogP contribution in [0.25, 0.3) is 0 Å². The van der Waals surface area contributed by atoms with Crippen molar-refractivity contribution >= 4 is 23.2 Å². The summed E-state index contributed by atoms with van der Waals surface area (Å²) in [5.41, 5.74) is 6.89. The van der Waals surface area contributed by atoms with Crippen LogP contribution in [0.15, 0.2) is 24.3 Å². The Kier molecular flexibility index (Phi) is 5.99. The fourth-order valence-corrected chi connectivity index (χ4v) is 1.91. The molecule has 0 fully saturated rings. The average Bonchev–Trinajstić information content (AvgIpc) is 2.40. The molecule has 0 saturated carbocycles. The van der Waals surface area contributed by atoms with Gasteiger partial charge in [-0.3, -0.25) is 14.5 Å². The number of carbonyl (C=O) groups excluding carboxylic acids is 2. The lowest BCUT2D eigenvalue weighted by atomic mass is 10.1. The summed E-state index contributed by atoms with van der Waals surface area (Å²) in [5, 5.41) is 5.34. The van der Waals surface area contributed by atoms with Crippen molar-refractivity contribution in [3.05, 3.63) is 24.3 Å². The van der Waals surface area contributed by atoms with Gasteiger partial charge in [0.25, 0.3) is 0 Å². The molecule has 110 valence electrons. The number of para-hydroxylation sites is 2. The lowest BCUT2D eigenvalue weighted by Crippen LogP contribution is -2.38. The molecule has 0 heterocycles. The zero-order valence-corrected chi connectivity index (χ0v) is 12.1. The van der Waals surface area contributed by atoms with Gasteiger partial charge in [-0.25, -0.2) is 0 Å². The molecular formula is C14H22N4O2. The van der Waals surface area contributed by atoms with Crippen molar-refractivity contribution in [3.8, 4) is 0 Å². The van der Waals surface area contributed by atoms with E-state index in [2.05, 4.69) is 10.6 Å². The molecule has 0 radical (unpaired) electrons. The quantitative estimate of drug-likeness (QED) is 0.662. The van der Waals surface area contributed by atoms with Crippen LogP contribution in [0.5, 0.6) is 0 Å². The molecule has 0 aliphatic heterocycles. The minimum Gasteiger partial charge on any atom is -0.397 e. The number of rotatable bonds is 6. The number of hydrogen-bond acceptors (Lipinski definition) is 4. The van der Waals surface area contributed by atoms with Crippen LogP contribution < -0.4 is 16.4 Å². The average molecular weight is 278 g/mol. The second-order valence-electron chi connectivity index (χ2n) is 4.85. The van der Waals surface area contributed by atoms with Crippen molar-refractivity contribution in [2.75, 3.05) is 38.2 Å². The van der Waals surface area contributed by atoms with Crippen molar-refractivity contribution in [2.24, 2.45) is 5.92 Å². The first-order valence-electron chi connectivity index (χ1n) is 6.48. The molecule has 6 heteroatoms. The fraction of sp³-hybridized carbons (Fsp3) is 0.429. The predicted molar refractivity (Wildman–Crippen MR) is 80.2 cm³/mol. The summed E-state index contributed by atoms with van der Waals surface area (Å²) in [6, 6.07) is 7.10. The van der Waals surface area contributed by atoms with E-state index in [9.17, 15) is 9.59 Å². The summed E-state index contributed by atoms with van der Waals surface area (Å²) < 4.78 is 0. The number of likely N-dealkylation sites (N-methyl/N-ethyl adjacent to an activating group) is 1. The van der Waals surface area contributed by atoms with Gasteiger partial charge >= 0.3 is 0 Å². The van der Waals surface area contributed by atoms with E-state index in [-0.39, 0.29) is 24.3 Å². The second kappa shape index (κ2) is 7.49. The third kappa shape index (κ3) is 4.89. The molecule has 0 bridgehead atoms. The first kappa shape index (κ1) is 16.0. The van der Waals surface area contributed by atoms with Crippen molar-refractivity contribution in [3.63, 3.8) is 0 Å². The van der Waals surface area contributed by atoms with E-state index < -0.39 is 0 Å². The lowest BCUT2D eigenvalue weighted by Gasteiger charge is -2.20. The molecule has 1 atom stereocenters. The predicted octanol–water partition coefficient (Wildman–Crippen LogP) is 0.521. The molecule has 1 unspecified atom stereocenters. The normalized spacial score (nSPS) is 12.0. The van der Waals surface area contributed by atoms with Crippen molar-refractivity contribution in [1.82, 2.24) is 10.2 Å². The molecule has 0 saturated heterocycles. The van der Waals surface area contributed by atoms with Gasteiger partial charge in [-0.2, -0.15) is 0 Å². The Morgan fingerprint density at radius 3 is 2.60 bits per heavy atom. The standard InChI is InChI=1S/C14H22N4O2/c1-10(14(20)16-2)8-18(3)9-13(19)17-12-7-5-4-6-11(12)15/h4-7,10H,8-9,15H2,1-3H3,(H,16,20)(H,17,19). The molecule has 0 spiro atoms. The van der Waals surface area contributed by atoms with E-state index >= 15 is 0 Å². The first-order valence-corrected chi connectivity index (χ1v) is 6.48. The SMILES string of the molecule is CNC(=O)C(C)CN(C)CC(=O)Nc1ccccc1N. The maximum absolute atomic E-state index is 11.9. The highest BCUT2D eigenvalue weighted by atomic mass is 16.2. The monoisotopic (exact) mass is 278 g/mol. The van der Waals surface area contributed by atoms with Crippen LogP contribution in [-0.4, -0.2) is 43.9 Å². The van der Waals surface area contributed by atoms with Gasteiger partial charge in [-0.15, -0.1) is 0 Å². The van der Waals surface area contributed by atoms with E-state index in [0.29, 0.717) is 17.9 Å². The minimum atomic E-state index is -0.167. The van der Waals surface area contributed by atoms with Crippen LogP contribution in [0.3, 0.4) is 0 Å². The van der Waals surface area contributed by atoms with E-state index in [1.165, 1.54) is 0 Å². The van der Waals surface area contributed by atoms with Gasteiger partial charge in [0.05, 0.1) is 17.9 Å². The summed E-state index contributed by atoms with van der Waals surface area (Å²) in [4.78, 5) is 25.1. The maximum Gasteiger partial charge on any atom is 0.238 e. The van der Waals surface area contributed by atoms with E-state index in [1.807, 2.05) is 19.1 Å². The molecule has 4 N–H and O–H groups in total. The summed E-state index contributed by atoms with van der Waals surface area (Å²) >= 11 is 0. The molecule has 1 aromatic rings. The third-order valence-electron chi connectivity index (χ3n) is 2.93. The molecule has 1 aromatic carbocycles. The Labute approximate surface area is 119 Å². The Balaban J connectivity index is 2.46. The Morgan fingerprint density at radius 1 is 1.35 bits per heavy atom. The Morgan fingerprint density at radius 2 is 2.00 bits per heavy atom. The number of benzene rings is 1. The molecule has 0 aliphatic rings. The van der Waals surface area contributed by atoms with Crippen LogP contribution in [0.1, 0.15) is 6.92 Å². The van der Waals surface area contributed by atoms with Crippen molar-refractivity contribution in [1.29, 1.82) is 0 Å². The summed E-state index contributed by atoms with van der Waals surface area (Å²) in [6.45, 7) is 2.54. The van der Waals surface area contributed by atoms with Crippen molar-refractivity contribution in [2.45, 2.75) is 6.92 Å². The second-order valence-corrected chi connectivity index (χ2v) is 4.85.